The average molecular weight is 761 g/mol. The maximum atomic E-state index is 11.3. The smallest absolute Gasteiger partial charge is 0.187 e. The second-order valence-electron chi connectivity index (χ2n) is 13.5. The van der Waals surface area contributed by atoms with Crippen LogP contribution in [0.25, 0.3) is 0 Å². The molecule has 0 aromatic rings. The molecule has 0 aliphatic carbocycles. The highest BCUT2D eigenvalue weighted by atomic mass is 16.8. The lowest BCUT2D eigenvalue weighted by molar-refractivity contribution is -0.405. The monoisotopic (exact) mass is 760 g/mol. The molecule has 12 N–H and O–H groups in total. The number of rotatable bonds is 17. The molecule has 52 heavy (non-hydrogen) atoms. The van der Waals surface area contributed by atoms with Gasteiger partial charge >= 0.3 is 0 Å². The predicted molar refractivity (Wildman–Crippen MR) is 169 cm³/mol. The lowest BCUT2D eigenvalue weighted by atomic mass is 9.95. The zero-order chi connectivity index (χ0) is 38.3. The Labute approximate surface area is 300 Å². The Bertz CT molecular complexity index is 1060. The Balaban J connectivity index is 1.62. The first kappa shape index (κ1) is 43.7. The SMILES string of the molecule is C=CCCCCCCO[C@@H]1OC(CO)[C@H](O)[C@H](O[C@@H]2OC(CO)[C@H](O)[C@H](O[C@@H]3OC(CO)[C@H](O)[C@H](O)C3O)C2O[C@@H]2OC(C)[C@H](O)[C@@H](O)C2O)C1O. The zero-order valence-electron chi connectivity index (χ0n) is 28.8. The molecule has 4 aliphatic rings. The summed E-state index contributed by atoms with van der Waals surface area (Å²) in [6, 6.07) is 0. The first-order valence-electron chi connectivity index (χ1n) is 17.5. The Morgan fingerprint density at radius 2 is 0.962 bits per heavy atom. The fourth-order valence-corrected chi connectivity index (χ4v) is 6.52. The van der Waals surface area contributed by atoms with Crippen LogP contribution in [0.3, 0.4) is 0 Å². The van der Waals surface area contributed by atoms with Crippen molar-refractivity contribution in [2.75, 3.05) is 26.4 Å². The van der Waals surface area contributed by atoms with Crippen molar-refractivity contribution < 1.29 is 99.2 Å². The summed E-state index contributed by atoms with van der Waals surface area (Å²) in [5, 5.41) is 126. The van der Waals surface area contributed by atoms with Crippen LogP contribution in [0.4, 0.5) is 0 Å². The summed E-state index contributed by atoms with van der Waals surface area (Å²) in [6.45, 7) is 2.75. The van der Waals surface area contributed by atoms with Crippen molar-refractivity contribution in [2.45, 2.75) is 162 Å². The first-order chi connectivity index (χ1) is 24.8. The van der Waals surface area contributed by atoms with E-state index in [0.29, 0.717) is 6.42 Å². The number of hydrogen-bond acceptors (Lipinski definition) is 20. The van der Waals surface area contributed by atoms with Crippen LogP contribution in [-0.2, 0) is 37.9 Å². The van der Waals surface area contributed by atoms with Gasteiger partial charge in [0.2, 0.25) is 0 Å². The average Bonchev–Trinajstić information content (AvgIpc) is 3.13. The molecule has 304 valence electrons. The van der Waals surface area contributed by atoms with Crippen molar-refractivity contribution in [2.24, 2.45) is 0 Å². The Hall–Kier alpha value is -1.06. The van der Waals surface area contributed by atoms with E-state index in [0.717, 1.165) is 25.7 Å². The van der Waals surface area contributed by atoms with Gasteiger partial charge in [0.1, 0.15) is 91.6 Å². The fourth-order valence-electron chi connectivity index (χ4n) is 6.52. The molecular formula is C32H56O20. The standard InChI is InChI=1S/C32H56O20/c1-3-4-5-6-7-8-9-45-29-25(44)26(19(38)15(11-34)47-29)50-32-28(52-30-23(42)21(40)17(36)13(2)46-30)27(20(39)16(12-35)49-32)51-31-24(43)22(41)18(37)14(10-33)48-31/h3,13-44H,1,4-12H2,2H3/t13?,14?,15?,16?,17-,18-,19-,20-,21+,22-,23?,24?,25?,26-,27-,28?,29+,30-,31-,32-/m0/s1. The van der Waals surface area contributed by atoms with E-state index in [-0.39, 0.29) is 6.61 Å². The number of hydrogen-bond donors (Lipinski definition) is 12. The molecule has 0 saturated carbocycles. The quantitative estimate of drug-likeness (QED) is 0.0486. The summed E-state index contributed by atoms with van der Waals surface area (Å²) in [7, 11) is 0. The minimum atomic E-state index is -1.97. The van der Waals surface area contributed by atoms with Gasteiger partial charge in [-0.1, -0.05) is 18.9 Å². The van der Waals surface area contributed by atoms with Gasteiger partial charge in [0.15, 0.2) is 25.2 Å². The highest BCUT2D eigenvalue weighted by Gasteiger charge is 2.56. The predicted octanol–water partition coefficient (Wildman–Crippen LogP) is -5.56. The second-order valence-corrected chi connectivity index (χ2v) is 13.5. The van der Waals surface area contributed by atoms with Crippen LogP contribution in [0.2, 0.25) is 0 Å². The number of allylic oxidation sites excluding steroid dienone is 1. The van der Waals surface area contributed by atoms with Crippen LogP contribution >= 0.6 is 0 Å². The van der Waals surface area contributed by atoms with Crippen LogP contribution in [0.1, 0.15) is 39.0 Å². The summed E-state index contributed by atoms with van der Waals surface area (Å²) < 4.78 is 46.1. The van der Waals surface area contributed by atoms with Crippen molar-refractivity contribution in [1.82, 2.24) is 0 Å². The van der Waals surface area contributed by atoms with Gasteiger partial charge in [-0.2, -0.15) is 0 Å². The topological polar surface area (TPSA) is 317 Å². The van der Waals surface area contributed by atoms with Crippen molar-refractivity contribution in [1.29, 1.82) is 0 Å². The molecule has 4 heterocycles. The van der Waals surface area contributed by atoms with E-state index in [4.69, 9.17) is 37.9 Å². The van der Waals surface area contributed by atoms with E-state index < -0.39 is 143 Å². The summed E-state index contributed by atoms with van der Waals surface area (Å²) >= 11 is 0. The zero-order valence-corrected chi connectivity index (χ0v) is 28.8. The maximum Gasteiger partial charge on any atom is 0.187 e. The summed E-state index contributed by atoms with van der Waals surface area (Å²) in [5.41, 5.74) is 0. The Morgan fingerprint density at radius 3 is 1.58 bits per heavy atom. The highest BCUT2D eigenvalue weighted by Crippen LogP contribution is 2.36. The molecule has 8 unspecified atom stereocenters. The van der Waals surface area contributed by atoms with Crippen molar-refractivity contribution in [3.05, 3.63) is 12.7 Å². The van der Waals surface area contributed by atoms with Gasteiger partial charge in [-0.15, -0.1) is 6.58 Å². The minimum absolute atomic E-state index is 0.138. The fraction of sp³-hybridized carbons (Fsp3) is 0.938. The molecule has 4 aliphatic heterocycles. The van der Waals surface area contributed by atoms with Crippen LogP contribution in [0.15, 0.2) is 12.7 Å². The molecule has 4 fully saturated rings. The van der Waals surface area contributed by atoms with Crippen LogP contribution < -0.4 is 0 Å². The molecule has 0 radical (unpaired) electrons. The van der Waals surface area contributed by atoms with Gasteiger partial charge in [-0.05, 0) is 26.2 Å². The molecule has 20 heteroatoms. The highest BCUT2D eigenvalue weighted by molar-refractivity contribution is 4.98. The molecular weight excluding hydrogens is 704 g/mol. The Morgan fingerprint density at radius 1 is 0.481 bits per heavy atom. The van der Waals surface area contributed by atoms with E-state index in [2.05, 4.69) is 6.58 Å². The molecule has 0 aromatic carbocycles. The van der Waals surface area contributed by atoms with Gasteiger partial charge < -0.3 is 99.2 Å². The van der Waals surface area contributed by atoms with Crippen molar-refractivity contribution >= 4 is 0 Å². The van der Waals surface area contributed by atoms with E-state index in [1.807, 2.05) is 6.08 Å². The minimum Gasteiger partial charge on any atom is -0.394 e. The molecule has 0 aromatic heterocycles. The van der Waals surface area contributed by atoms with Gasteiger partial charge in [0, 0.05) is 6.61 Å². The summed E-state index contributed by atoms with van der Waals surface area (Å²) in [4.78, 5) is 0. The third kappa shape index (κ3) is 10.0. The molecule has 20 nitrogen and oxygen atoms in total. The van der Waals surface area contributed by atoms with E-state index >= 15 is 0 Å². The molecule has 4 rings (SSSR count). The molecule has 0 amide bonds. The van der Waals surface area contributed by atoms with Gasteiger partial charge in [0.25, 0.3) is 0 Å². The summed E-state index contributed by atoms with van der Waals surface area (Å²) in [6.07, 6.45) is -28.0. The largest absolute Gasteiger partial charge is 0.394 e. The molecule has 0 bridgehead atoms. The first-order valence-corrected chi connectivity index (χ1v) is 17.5. The van der Waals surface area contributed by atoms with Crippen LogP contribution in [0.5, 0.6) is 0 Å². The van der Waals surface area contributed by atoms with Gasteiger partial charge in [0.05, 0.1) is 25.9 Å². The maximum absolute atomic E-state index is 11.3. The molecule has 0 spiro atoms. The lowest BCUT2D eigenvalue weighted by Crippen LogP contribution is -2.68. The normalized spacial score (nSPS) is 47.3. The van der Waals surface area contributed by atoms with E-state index in [9.17, 15) is 61.3 Å². The van der Waals surface area contributed by atoms with E-state index in [1.165, 1.54) is 6.92 Å². The van der Waals surface area contributed by atoms with Crippen LogP contribution in [-0.4, -0.2) is 211 Å². The number of ether oxygens (including phenoxy) is 8. The van der Waals surface area contributed by atoms with Crippen molar-refractivity contribution in [3.8, 4) is 0 Å². The third-order valence-electron chi connectivity index (χ3n) is 9.74. The number of aliphatic hydroxyl groups excluding tert-OH is 12. The van der Waals surface area contributed by atoms with Gasteiger partial charge in [-0.25, -0.2) is 0 Å². The van der Waals surface area contributed by atoms with Crippen LogP contribution in [0, 0.1) is 0 Å². The Kier molecular flexibility index (Phi) is 17.0. The molecule has 4 saturated heterocycles. The van der Waals surface area contributed by atoms with Gasteiger partial charge in [-0.3, -0.25) is 0 Å². The third-order valence-corrected chi connectivity index (χ3v) is 9.74. The van der Waals surface area contributed by atoms with E-state index in [1.54, 1.807) is 0 Å². The number of unbranched alkanes of at least 4 members (excludes halogenated alkanes) is 4. The lowest BCUT2D eigenvalue weighted by Gasteiger charge is -2.50. The van der Waals surface area contributed by atoms with Crippen molar-refractivity contribution in [3.63, 3.8) is 0 Å². The second kappa shape index (κ2) is 20.2. The summed E-state index contributed by atoms with van der Waals surface area (Å²) in [5.74, 6) is 0. The molecule has 20 atom stereocenters. The number of aliphatic hydroxyl groups is 12.